The van der Waals surface area contributed by atoms with Crippen LogP contribution in [0.2, 0.25) is 5.02 Å². The zero-order chi connectivity index (χ0) is 13.3. The van der Waals surface area contributed by atoms with Gasteiger partial charge in [0.15, 0.2) is 0 Å². The summed E-state index contributed by atoms with van der Waals surface area (Å²) in [7, 11) is 0. The summed E-state index contributed by atoms with van der Waals surface area (Å²) in [4.78, 5) is 5.78. The Morgan fingerprint density at radius 1 is 1.44 bits per heavy atom. The zero-order valence-electron chi connectivity index (χ0n) is 10.2. The third-order valence-corrected chi connectivity index (χ3v) is 4.85. The van der Waals surface area contributed by atoms with Gasteiger partial charge in [-0.1, -0.05) is 33.6 Å². The van der Waals surface area contributed by atoms with Gasteiger partial charge in [0.2, 0.25) is 0 Å². The smallest absolute Gasteiger partial charge is 0.0949 e. The topological polar surface area (TPSA) is 38.9 Å². The molecule has 5 heteroatoms. The van der Waals surface area contributed by atoms with Gasteiger partial charge >= 0.3 is 0 Å². The van der Waals surface area contributed by atoms with E-state index in [0.29, 0.717) is 5.02 Å². The van der Waals surface area contributed by atoms with E-state index in [2.05, 4.69) is 27.8 Å². The maximum Gasteiger partial charge on any atom is 0.0949 e. The van der Waals surface area contributed by atoms with Crippen molar-refractivity contribution in [1.82, 2.24) is 4.98 Å². The molecule has 2 nitrogen and oxygen atoms in total. The number of benzene rings is 1. The quantitative estimate of drug-likeness (QED) is 0.894. The van der Waals surface area contributed by atoms with Gasteiger partial charge in [0.25, 0.3) is 0 Å². The van der Waals surface area contributed by atoms with Gasteiger partial charge in [-0.05, 0) is 31.5 Å². The highest BCUT2D eigenvalue weighted by Gasteiger charge is 2.14. The Bertz CT molecular complexity index is 549. The van der Waals surface area contributed by atoms with E-state index in [-0.39, 0.29) is 6.04 Å². The molecule has 0 aliphatic rings. The predicted octanol–water partition coefficient (Wildman–Crippen LogP) is 4.42. The van der Waals surface area contributed by atoms with Crippen molar-refractivity contribution in [2.24, 2.45) is 5.73 Å². The first-order chi connectivity index (χ1) is 8.47. The molecular formula is C13H14BrClN2S. The number of hydrogen-bond acceptors (Lipinski definition) is 3. The van der Waals surface area contributed by atoms with Crippen LogP contribution in [0, 0.1) is 13.8 Å². The number of nitrogens with two attached hydrogens (primary N) is 1. The fraction of sp³-hybridized carbons (Fsp3) is 0.308. The molecule has 1 heterocycles. The van der Waals surface area contributed by atoms with Crippen LogP contribution in [-0.2, 0) is 6.42 Å². The molecule has 96 valence electrons. The van der Waals surface area contributed by atoms with Gasteiger partial charge < -0.3 is 5.73 Å². The van der Waals surface area contributed by atoms with Crippen LogP contribution in [-0.4, -0.2) is 4.98 Å². The van der Waals surface area contributed by atoms with Crippen LogP contribution < -0.4 is 5.73 Å². The number of thiazole rings is 1. The first-order valence-electron chi connectivity index (χ1n) is 5.61. The van der Waals surface area contributed by atoms with Crippen molar-refractivity contribution < 1.29 is 0 Å². The predicted molar refractivity (Wildman–Crippen MR) is 81.4 cm³/mol. The first-order valence-corrected chi connectivity index (χ1v) is 7.59. The molecule has 1 aromatic heterocycles. The van der Waals surface area contributed by atoms with Gasteiger partial charge in [-0.15, -0.1) is 11.3 Å². The summed E-state index contributed by atoms with van der Waals surface area (Å²) in [6.07, 6.45) is 0.750. The van der Waals surface area contributed by atoms with Gasteiger partial charge in [0.1, 0.15) is 0 Å². The van der Waals surface area contributed by atoms with E-state index in [9.17, 15) is 0 Å². The van der Waals surface area contributed by atoms with E-state index in [1.165, 1.54) is 4.88 Å². The highest BCUT2D eigenvalue weighted by atomic mass is 79.9. The minimum Gasteiger partial charge on any atom is -0.324 e. The Labute approximate surface area is 124 Å². The lowest BCUT2D eigenvalue weighted by Crippen LogP contribution is -2.13. The van der Waals surface area contributed by atoms with E-state index >= 15 is 0 Å². The third-order valence-electron chi connectivity index (χ3n) is 2.83. The second-order valence-corrected chi connectivity index (χ2v) is 6.80. The molecule has 0 spiro atoms. The second-order valence-electron chi connectivity index (χ2n) is 4.23. The summed E-state index contributed by atoms with van der Waals surface area (Å²) < 4.78 is 0.951. The van der Waals surface area contributed by atoms with Crippen LogP contribution >= 0.6 is 38.9 Å². The molecule has 0 aliphatic carbocycles. The van der Waals surface area contributed by atoms with Gasteiger partial charge in [0.05, 0.1) is 10.7 Å². The average molecular weight is 346 g/mol. The first kappa shape index (κ1) is 14.0. The number of rotatable bonds is 3. The molecule has 2 rings (SSSR count). The fourth-order valence-corrected chi connectivity index (χ4v) is 3.70. The molecule has 1 atom stereocenters. The molecular weight excluding hydrogens is 332 g/mol. The standard InChI is InChI=1S/C13H14BrClN2S/c1-7-8(2)18-13(17-7)6-12(16)10-4-3-9(15)5-11(10)14/h3-5,12H,6,16H2,1-2H3. The molecule has 0 amide bonds. The normalized spacial score (nSPS) is 12.7. The third kappa shape index (κ3) is 3.12. The van der Waals surface area contributed by atoms with Crippen LogP contribution in [0.3, 0.4) is 0 Å². The highest BCUT2D eigenvalue weighted by Crippen LogP contribution is 2.28. The van der Waals surface area contributed by atoms with Crippen LogP contribution in [0.15, 0.2) is 22.7 Å². The van der Waals surface area contributed by atoms with Crippen LogP contribution in [0.5, 0.6) is 0 Å². The van der Waals surface area contributed by atoms with Crippen molar-refractivity contribution in [3.8, 4) is 0 Å². The summed E-state index contributed by atoms with van der Waals surface area (Å²) in [6.45, 7) is 4.11. The second kappa shape index (κ2) is 5.70. The van der Waals surface area contributed by atoms with Crippen LogP contribution in [0.25, 0.3) is 0 Å². The SMILES string of the molecule is Cc1nc(CC(N)c2ccc(Cl)cc2Br)sc1C. The van der Waals surface area contributed by atoms with E-state index in [1.54, 1.807) is 11.3 Å². The minimum absolute atomic E-state index is 0.0680. The Hall–Kier alpha value is -0.420. The van der Waals surface area contributed by atoms with Crippen molar-refractivity contribution in [2.45, 2.75) is 26.3 Å². The van der Waals surface area contributed by atoms with Crippen molar-refractivity contribution in [3.05, 3.63) is 48.8 Å². The Morgan fingerprint density at radius 3 is 2.72 bits per heavy atom. The van der Waals surface area contributed by atoms with Crippen LogP contribution in [0.4, 0.5) is 0 Å². The lowest BCUT2D eigenvalue weighted by Gasteiger charge is -2.12. The van der Waals surface area contributed by atoms with Crippen LogP contribution in [0.1, 0.15) is 27.2 Å². The molecule has 2 aromatic rings. The Balaban J connectivity index is 2.19. The molecule has 0 saturated carbocycles. The van der Waals surface area contributed by atoms with E-state index in [4.69, 9.17) is 17.3 Å². The summed E-state index contributed by atoms with van der Waals surface area (Å²) in [5, 5.41) is 1.79. The monoisotopic (exact) mass is 344 g/mol. The summed E-state index contributed by atoms with van der Waals surface area (Å²) in [6, 6.07) is 5.63. The summed E-state index contributed by atoms with van der Waals surface area (Å²) in [5.41, 5.74) is 8.39. The molecule has 0 radical (unpaired) electrons. The molecule has 1 aromatic carbocycles. The van der Waals surface area contributed by atoms with Crippen molar-refractivity contribution in [3.63, 3.8) is 0 Å². The molecule has 2 N–H and O–H groups in total. The minimum atomic E-state index is -0.0680. The molecule has 0 aliphatic heterocycles. The fourth-order valence-electron chi connectivity index (χ4n) is 1.73. The van der Waals surface area contributed by atoms with Gasteiger partial charge in [-0.3, -0.25) is 0 Å². The van der Waals surface area contributed by atoms with Gasteiger partial charge in [-0.25, -0.2) is 4.98 Å². The highest BCUT2D eigenvalue weighted by molar-refractivity contribution is 9.10. The number of aromatic nitrogens is 1. The molecule has 1 unspecified atom stereocenters. The molecule has 0 bridgehead atoms. The number of nitrogens with zero attached hydrogens (tertiary/aromatic N) is 1. The summed E-state index contributed by atoms with van der Waals surface area (Å²) >= 11 is 11.1. The zero-order valence-corrected chi connectivity index (χ0v) is 13.4. The van der Waals surface area contributed by atoms with Gasteiger partial charge in [-0.2, -0.15) is 0 Å². The molecule has 0 fully saturated rings. The van der Waals surface area contributed by atoms with E-state index in [0.717, 1.165) is 27.2 Å². The summed E-state index contributed by atoms with van der Waals surface area (Å²) in [5.74, 6) is 0. The maximum absolute atomic E-state index is 6.23. The Morgan fingerprint density at radius 2 is 2.17 bits per heavy atom. The molecule has 18 heavy (non-hydrogen) atoms. The molecule has 0 saturated heterocycles. The van der Waals surface area contributed by atoms with Crippen molar-refractivity contribution >= 4 is 38.9 Å². The lowest BCUT2D eigenvalue weighted by atomic mass is 10.1. The van der Waals surface area contributed by atoms with E-state index in [1.807, 2.05) is 25.1 Å². The van der Waals surface area contributed by atoms with Crippen molar-refractivity contribution in [2.75, 3.05) is 0 Å². The number of hydrogen-bond donors (Lipinski definition) is 1. The van der Waals surface area contributed by atoms with Crippen molar-refractivity contribution in [1.29, 1.82) is 0 Å². The van der Waals surface area contributed by atoms with E-state index < -0.39 is 0 Å². The van der Waals surface area contributed by atoms with Gasteiger partial charge in [0, 0.05) is 26.8 Å². The number of aryl methyl sites for hydroxylation is 2. The number of halogens is 2. The maximum atomic E-state index is 6.23. The largest absolute Gasteiger partial charge is 0.324 e. The Kier molecular flexibility index (Phi) is 4.43. The lowest BCUT2D eigenvalue weighted by molar-refractivity contribution is 0.713. The average Bonchev–Trinajstić information content (AvgIpc) is 2.57.